The number of rotatable bonds is 4. The minimum Gasteiger partial charge on any atom is -0.480 e. The quantitative estimate of drug-likeness (QED) is 0.878. The van der Waals surface area contributed by atoms with Gasteiger partial charge in [-0.2, -0.15) is 0 Å². The maximum absolute atomic E-state index is 11.0. The summed E-state index contributed by atoms with van der Waals surface area (Å²) in [7, 11) is 0. The van der Waals surface area contributed by atoms with Crippen LogP contribution in [0.15, 0.2) is 24.3 Å². The Hall–Kier alpha value is -0.770. The van der Waals surface area contributed by atoms with Crippen molar-refractivity contribution < 1.29 is 9.90 Å². The van der Waals surface area contributed by atoms with Gasteiger partial charge in [0.25, 0.3) is 0 Å². The van der Waals surface area contributed by atoms with Gasteiger partial charge in [0.1, 0.15) is 5.54 Å². The first-order valence-electron chi connectivity index (χ1n) is 4.74. The molecule has 1 aromatic rings. The van der Waals surface area contributed by atoms with Gasteiger partial charge in [-0.1, -0.05) is 30.7 Å². The van der Waals surface area contributed by atoms with Crippen molar-refractivity contribution in [2.75, 3.05) is 0 Å². The molecular formula is C11H15Cl2NO2. The fourth-order valence-corrected chi connectivity index (χ4v) is 1.44. The van der Waals surface area contributed by atoms with Gasteiger partial charge in [-0.05, 0) is 24.1 Å². The molecule has 5 heteroatoms. The van der Waals surface area contributed by atoms with Crippen LogP contribution in [-0.2, 0) is 11.2 Å². The molecule has 0 aliphatic carbocycles. The molecule has 0 unspecified atom stereocenters. The van der Waals surface area contributed by atoms with Gasteiger partial charge in [0.15, 0.2) is 0 Å². The van der Waals surface area contributed by atoms with E-state index in [0.717, 1.165) is 5.56 Å². The topological polar surface area (TPSA) is 63.3 Å². The smallest absolute Gasteiger partial charge is 0.324 e. The van der Waals surface area contributed by atoms with Crippen molar-refractivity contribution in [3.8, 4) is 0 Å². The molecule has 16 heavy (non-hydrogen) atoms. The molecule has 0 heterocycles. The third-order valence-electron chi connectivity index (χ3n) is 2.49. The van der Waals surface area contributed by atoms with Crippen LogP contribution in [0.1, 0.15) is 18.9 Å². The number of benzene rings is 1. The summed E-state index contributed by atoms with van der Waals surface area (Å²) in [6.07, 6.45) is 0.709. The summed E-state index contributed by atoms with van der Waals surface area (Å²) in [4.78, 5) is 11.0. The Morgan fingerprint density at radius 3 is 2.31 bits per heavy atom. The lowest BCUT2D eigenvalue weighted by molar-refractivity contribution is -0.143. The van der Waals surface area contributed by atoms with Crippen LogP contribution in [0.5, 0.6) is 0 Å². The zero-order valence-electron chi connectivity index (χ0n) is 8.94. The van der Waals surface area contributed by atoms with Crippen LogP contribution < -0.4 is 5.73 Å². The van der Waals surface area contributed by atoms with Gasteiger partial charge in [0.2, 0.25) is 0 Å². The monoisotopic (exact) mass is 263 g/mol. The summed E-state index contributed by atoms with van der Waals surface area (Å²) in [5.41, 5.74) is 5.47. The molecule has 0 spiro atoms. The van der Waals surface area contributed by atoms with Crippen molar-refractivity contribution in [2.45, 2.75) is 25.3 Å². The molecule has 3 N–H and O–H groups in total. The summed E-state index contributed by atoms with van der Waals surface area (Å²) < 4.78 is 0. The Bertz CT molecular complexity index is 354. The zero-order chi connectivity index (χ0) is 11.5. The highest BCUT2D eigenvalue weighted by molar-refractivity contribution is 6.30. The van der Waals surface area contributed by atoms with Crippen LogP contribution in [0.3, 0.4) is 0 Å². The Morgan fingerprint density at radius 2 is 1.94 bits per heavy atom. The predicted octanol–water partition coefficient (Wildman–Crippen LogP) is 2.50. The minimum atomic E-state index is -1.19. The van der Waals surface area contributed by atoms with Crippen molar-refractivity contribution in [3.63, 3.8) is 0 Å². The fraction of sp³-hybridized carbons (Fsp3) is 0.364. The van der Waals surface area contributed by atoms with Crippen molar-refractivity contribution in [1.29, 1.82) is 0 Å². The van der Waals surface area contributed by atoms with Gasteiger partial charge in [-0.15, -0.1) is 12.4 Å². The molecule has 1 atom stereocenters. The summed E-state index contributed by atoms with van der Waals surface area (Å²) in [5.74, 6) is -0.972. The lowest BCUT2D eigenvalue weighted by Gasteiger charge is -2.22. The van der Waals surface area contributed by atoms with E-state index < -0.39 is 11.5 Å². The molecule has 3 nitrogen and oxygen atoms in total. The van der Waals surface area contributed by atoms with Gasteiger partial charge in [-0.3, -0.25) is 4.79 Å². The Labute approximate surface area is 106 Å². The van der Waals surface area contributed by atoms with Gasteiger partial charge < -0.3 is 10.8 Å². The van der Waals surface area contributed by atoms with Gasteiger partial charge in [-0.25, -0.2) is 0 Å². The van der Waals surface area contributed by atoms with Crippen LogP contribution in [0.2, 0.25) is 5.02 Å². The number of carboxylic acid groups (broad SMARTS) is 1. The third-order valence-corrected chi connectivity index (χ3v) is 2.74. The molecule has 90 valence electrons. The van der Waals surface area contributed by atoms with Crippen LogP contribution in [0.4, 0.5) is 0 Å². The molecule has 0 radical (unpaired) electrons. The summed E-state index contributed by atoms with van der Waals surface area (Å²) in [5, 5.41) is 9.63. The van der Waals surface area contributed by atoms with E-state index >= 15 is 0 Å². The number of carbonyl (C=O) groups is 1. The molecule has 0 fully saturated rings. The maximum atomic E-state index is 11.0. The number of hydrogen-bond donors (Lipinski definition) is 2. The number of hydrogen-bond acceptors (Lipinski definition) is 2. The van der Waals surface area contributed by atoms with E-state index in [9.17, 15) is 4.79 Å². The van der Waals surface area contributed by atoms with Crippen molar-refractivity contribution in [1.82, 2.24) is 0 Å². The van der Waals surface area contributed by atoms with Crippen molar-refractivity contribution in [3.05, 3.63) is 34.9 Å². The van der Waals surface area contributed by atoms with E-state index in [2.05, 4.69) is 0 Å². The highest BCUT2D eigenvalue weighted by Crippen LogP contribution is 2.17. The lowest BCUT2D eigenvalue weighted by atomic mass is 9.89. The number of nitrogens with two attached hydrogens (primary N) is 1. The fourth-order valence-electron chi connectivity index (χ4n) is 1.32. The summed E-state index contributed by atoms with van der Waals surface area (Å²) >= 11 is 5.73. The van der Waals surface area contributed by atoms with Gasteiger partial charge >= 0.3 is 5.97 Å². The van der Waals surface area contributed by atoms with Crippen LogP contribution in [0.25, 0.3) is 0 Å². The van der Waals surface area contributed by atoms with Crippen LogP contribution in [0, 0.1) is 0 Å². The predicted molar refractivity (Wildman–Crippen MR) is 67.2 cm³/mol. The highest BCUT2D eigenvalue weighted by Gasteiger charge is 2.31. The summed E-state index contributed by atoms with van der Waals surface area (Å²) in [6, 6.07) is 7.05. The molecule has 0 aliphatic rings. The average Bonchev–Trinajstić information content (AvgIpc) is 2.21. The van der Waals surface area contributed by atoms with Crippen LogP contribution in [-0.4, -0.2) is 16.6 Å². The Balaban J connectivity index is 0.00000225. The lowest BCUT2D eigenvalue weighted by Crippen LogP contribution is -2.49. The maximum Gasteiger partial charge on any atom is 0.324 e. The molecule has 1 rings (SSSR count). The van der Waals surface area contributed by atoms with E-state index in [-0.39, 0.29) is 12.4 Å². The number of halogens is 2. The number of aliphatic carboxylic acids is 1. The third kappa shape index (κ3) is 3.67. The first-order chi connectivity index (χ1) is 6.98. The van der Waals surface area contributed by atoms with Crippen LogP contribution >= 0.6 is 24.0 Å². The molecule has 1 aromatic carbocycles. The Kier molecular flexibility index (Phi) is 5.79. The van der Waals surface area contributed by atoms with E-state index in [1.165, 1.54) is 0 Å². The van der Waals surface area contributed by atoms with Gasteiger partial charge in [0, 0.05) is 11.4 Å². The SMILES string of the molecule is CC[C@](N)(Cc1ccc(Cl)cc1)C(=O)O.Cl. The van der Waals surface area contributed by atoms with Crippen molar-refractivity contribution >= 4 is 30.0 Å². The van der Waals surface area contributed by atoms with Gasteiger partial charge in [0.05, 0.1) is 0 Å². The molecule has 0 saturated carbocycles. The summed E-state index contributed by atoms with van der Waals surface area (Å²) in [6.45, 7) is 1.77. The van der Waals surface area contributed by atoms with E-state index in [1.54, 1.807) is 31.2 Å². The first-order valence-corrected chi connectivity index (χ1v) is 5.12. The zero-order valence-corrected chi connectivity index (χ0v) is 10.5. The van der Waals surface area contributed by atoms with E-state index in [0.29, 0.717) is 17.9 Å². The first kappa shape index (κ1) is 15.2. The molecule has 0 aromatic heterocycles. The minimum absolute atomic E-state index is 0. The molecular weight excluding hydrogens is 249 g/mol. The van der Waals surface area contributed by atoms with Crippen molar-refractivity contribution in [2.24, 2.45) is 5.73 Å². The molecule has 0 aliphatic heterocycles. The largest absolute Gasteiger partial charge is 0.480 e. The molecule has 0 amide bonds. The molecule has 0 saturated heterocycles. The highest BCUT2D eigenvalue weighted by atomic mass is 35.5. The van der Waals surface area contributed by atoms with E-state index in [1.807, 2.05) is 0 Å². The second kappa shape index (κ2) is 6.09. The standard InChI is InChI=1S/C11H14ClNO2.ClH/c1-2-11(13,10(14)15)7-8-3-5-9(12)6-4-8;/h3-6H,2,7,13H2,1H3,(H,14,15);1H/t11-;/m0./s1. The van der Waals surface area contributed by atoms with E-state index in [4.69, 9.17) is 22.4 Å². The molecule has 0 bridgehead atoms. The second-order valence-electron chi connectivity index (χ2n) is 3.62. The number of carboxylic acids is 1. The Morgan fingerprint density at radius 1 is 1.44 bits per heavy atom. The average molecular weight is 264 g/mol. The second-order valence-corrected chi connectivity index (χ2v) is 4.05. The normalized spacial score (nSPS) is 13.7.